The van der Waals surface area contributed by atoms with E-state index in [2.05, 4.69) is 29.6 Å². The molecule has 4 rings (SSSR count). The quantitative estimate of drug-likeness (QED) is 0.721. The van der Waals surface area contributed by atoms with Crippen molar-refractivity contribution in [1.82, 2.24) is 10.2 Å². The number of amides is 2. The lowest BCUT2D eigenvalue weighted by molar-refractivity contribution is -0.156. The SMILES string of the molecule is CC(CNC(=O)OCC1c2ccccc2-c2ccccc21)C(=O)N1CCCC1(C)C(=O)O. The molecule has 2 aromatic rings. The highest BCUT2D eigenvalue weighted by Crippen LogP contribution is 2.44. The zero-order chi connectivity index (χ0) is 22.9. The maximum atomic E-state index is 12.8. The topological polar surface area (TPSA) is 95.9 Å². The molecule has 1 aliphatic carbocycles. The van der Waals surface area contributed by atoms with Crippen LogP contribution in [0.25, 0.3) is 11.1 Å². The van der Waals surface area contributed by atoms with Gasteiger partial charge in [-0.15, -0.1) is 0 Å². The van der Waals surface area contributed by atoms with Crippen LogP contribution in [0.3, 0.4) is 0 Å². The van der Waals surface area contributed by atoms with Gasteiger partial charge in [-0.25, -0.2) is 9.59 Å². The van der Waals surface area contributed by atoms with Crippen LogP contribution in [0.4, 0.5) is 4.79 Å². The van der Waals surface area contributed by atoms with Crippen LogP contribution in [0.15, 0.2) is 48.5 Å². The summed E-state index contributed by atoms with van der Waals surface area (Å²) < 4.78 is 5.51. The summed E-state index contributed by atoms with van der Waals surface area (Å²) in [5.74, 6) is -1.85. The Morgan fingerprint density at radius 2 is 1.72 bits per heavy atom. The molecule has 0 saturated carbocycles. The molecule has 168 valence electrons. The minimum atomic E-state index is -1.19. The van der Waals surface area contributed by atoms with Crippen LogP contribution in [0.2, 0.25) is 0 Å². The highest BCUT2D eigenvalue weighted by Gasteiger charge is 2.46. The smallest absolute Gasteiger partial charge is 0.407 e. The van der Waals surface area contributed by atoms with Crippen molar-refractivity contribution in [3.05, 3.63) is 59.7 Å². The van der Waals surface area contributed by atoms with Gasteiger partial charge in [0, 0.05) is 19.0 Å². The second kappa shape index (κ2) is 8.65. The van der Waals surface area contributed by atoms with Gasteiger partial charge < -0.3 is 20.1 Å². The highest BCUT2D eigenvalue weighted by atomic mass is 16.5. The summed E-state index contributed by atoms with van der Waals surface area (Å²) in [6.45, 7) is 3.96. The number of rotatable bonds is 6. The van der Waals surface area contributed by atoms with Crippen LogP contribution >= 0.6 is 0 Å². The molecular formula is C25H28N2O5. The highest BCUT2D eigenvalue weighted by molar-refractivity contribution is 5.88. The first-order valence-electron chi connectivity index (χ1n) is 11.0. The van der Waals surface area contributed by atoms with Gasteiger partial charge in [0.15, 0.2) is 0 Å². The number of alkyl carbamates (subject to hydrolysis) is 1. The molecule has 2 amide bonds. The Morgan fingerprint density at radius 3 is 2.31 bits per heavy atom. The number of carboxylic acids is 1. The molecule has 1 heterocycles. The average molecular weight is 437 g/mol. The molecule has 1 saturated heterocycles. The van der Waals surface area contributed by atoms with E-state index in [1.54, 1.807) is 13.8 Å². The predicted molar refractivity (Wildman–Crippen MR) is 119 cm³/mol. The van der Waals surface area contributed by atoms with Gasteiger partial charge in [0.2, 0.25) is 5.91 Å². The van der Waals surface area contributed by atoms with Gasteiger partial charge >= 0.3 is 12.1 Å². The number of hydrogen-bond acceptors (Lipinski definition) is 4. The second-order valence-corrected chi connectivity index (χ2v) is 8.78. The van der Waals surface area contributed by atoms with E-state index in [9.17, 15) is 19.5 Å². The van der Waals surface area contributed by atoms with E-state index in [0.717, 1.165) is 22.3 Å². The lowest BCUT2D eigenvalue weighted by Crippen LogP contribution is -2.53. The van der Waals surface area contributed by atoms with Crippen molar-refractivity contribution < 1.29 is 24.2 Å². The van der Waals surface area contributed by atoms with E-state index in [0.29, 0.717) is 19.4 Å². The van der Waals surface area contributed by atoms with Crippen molar-refractivity contribution >= 4 is 18.0 Å². The minimum absolute atomic E-state index is 0.0342. The largest absolute Gasteiger partial charge is 0.480 e. The number of benzene rings is 2. The molecule has 2 unspecified atom stereocenters. The van der Waals surface area contributed by atoms with Crippen molar-refractivity contribution in [2.24, 2.45) is 5.92 Å². The van der Waals surface area contributed by atoms with Crippen molar-refractivity contribution in [1.29, 1.82) is 0 Å². The van der Waals surface area contributed by atoms with E-state index in [1.165, 1.54) is 4.90 Å². The van der Waals surface area contributed by atoms with E-state index in [1.807, 2.05) is 24.3 Å². The summed E-state index contributed by atoms with van der Waals surface area (Å²) in [5, 5.41) is 12.2. The van der Waals surface area contributed by atoms with Gasteiger partial charge in [-0.3, -0.25) is 4.79 Å². The number of hydrogen-bond donors (Lipinski definition) is 2. The van der Waals surface area contributed by atoms with Crippen molar-refractivity contribution in [3.63, 3.8) is 0 Å². The predicted octanol–water partition coefficient (Wildman–Crippen LogP) is 3.63. The third kappa shape index (κ3) is 3.83. The van der Waals surface area contributed by atoms with Gasteiger partial charge in [0.05, 0.1) is 5.92 Å². The first-order chi connectivity index (χ1) is 15.3. The fourth-order valence-electron chi connectivity index (χ4n) is 4.78. The Kier molecular flexibility index (Phi) is 5.91. The maximum absolute atomic E-state index is 12.8. The summed E-state index contributed by atoms with van der Waals surface area (Å²) in [7, 11) is 0. The molecule has 0 bridgehead atoms. The van der Waals surface area contributed by atoms with Crippen LogP contribution in [0, 0.1) is 5.92 Å². The Balaban J connectivity index is 1.33. The number of aliphatic carboxylic acids is 1. The molecule has 0 aromatic heterocycles. The molecule has 7 nitrogen and oxygen atoms in total. The van der Waals surface area contributed by atoms with Crippen LogP contribution in [0.5, 0.6) is 0 Å². The number of carbonyl (C=O) groups is 3. The molecular weight excluding hydrogens is 408 g/mol. The molecule has 0 radical (unpaired) electrons. The van der Waals surface area contributed by atoms with Crippen LogP contribution in [-0.2, 0) is 14.3 Å². The van der Waals surface area contributed by atoms with Gasteiger partial charge in [0.25, 0.3) is 0 Å². The third-order valence-corrected chi connectivity index (χ3v) is 6.69. The third-order valence-electron chi connectivity index (χ3n) is 6.69. The number of carbonyl (C=O) groups excluding carboxylic acids is 2. The van der Waals surface area contributed by atoms with Crippen molar-refractivity contribution in [2.75, 3.05) is 19.7 Å². The summed E-state index contributed by atoms with van der Waals surface area (Å²) in [6.07, 6.45) is 0.496. The molecule has 32 heavy (non-hydrogen) atoms. The molecule has 2 aliphatic rings. The summed E-state index contributed by atoms with van der Waals surface area (Å²) in [6, 6.07) is 16.2. The van der Waals surface area contributed by atoms with Gasteiger partial charge in [-0.1, -0.05) is 55.5 Å². The molecule has 1 aliphatic heterocycles. The average Bonchev–Trinajstić information content (AvgIpc) is 3.34. The number of fused-ring (bicyclic) bond motifs is 3. The van der Waals surface area contributed by atoms with E-state index in [-0.39, 0.29) is 25.0 Å². The first-order valence-corrected chi connectivity index (χ1v) is 11.0. The zero-order valence-electron chi connectivity index (χ0n) is 18.3. The molecule has 2 N–H and O–H groups in total. The number of ether oxygens (including phenoxy) is 1. The Hall–Kier alpha value is -3.35. The Morgan fingerprint density at radius 1 is 1.12 bits per heavy atom. The summed E-state index contributed by atoms with van der Waals surface area (Å²) in [5.41, 5.74) is 3.39. The standard InChI is InChI=1S/C25H28N2O5/c1-16(22(28)27-13-7-12-25(27,2)23(29)30)14-26-24(31)32-15-21-19-10-5-3-8-17(19)18-9-4-6-11-20(18)21/h3-6,8-11,16,21H,7,12-15H2,1-2H3,(H,26,31)(H,29,30). The van der Waals surface area contributed by atoms with Crippen LogP contribution in [0.1, 0.15) is 43.7 Å². The van der Waals surface area contributed by atoms with Gasteiger partial charge in [-0.2, -0.15) is 0 Å². The molecule has 2 aromatic carbocycles. The zero-order valence-corrected chi connectivity index (χ0v) is 18.3. The summed E-state index contributed by atoms with van der Waals surface area (Å²) >= 11 is 0. The van der Waals surface area contributed by atoms with Crippen LogP contribution < -0.4 is 5.32 Å². The Bertz CT molecular complexity index is 1010. The van der Waals surface area contributed by atoms with E-state index < -0.39 is 23.5 Å². The monoisotopic (exact) mass is 436 g/mol. The van der Waals surface area contributed by atoms with E-state index >= 15 is 0 Å². The number of carboxylic acid groups (broad SMARTS) is 1. The molecule has 1 fully saturated rings. The first kappa shape index (κ1) is 21.9. The van der Waals surface area contributed by atoms with Gasteiger partial charge in [-0.05, 0) is 42.0 Å². The normalized spacial score (nSPS) is 20.4. The Labute approximate surface area is 187 Å². The van der Waals surface area contributed by atoms with Crippen LogP contribution in [-0.4, -0.2) is 53.2 Å². The lowest BCUT2D eigenvalue weighted by atomic mass is 9.98. The molecule has 0 spiro atoms. The fourth-order valence-corrected chi connectivity index (χ4v) is 4.78. The summed E-state index contributed by atoms with van der Waals surface area (Å²) in [4.78, 5) is 38.2. The fraction of sp³-hybridized carbons (Fsp3) is 0.400. The maximum Gasteiger partial charge on any atom is 0.407 e. The number of nitrogens with one attached hydrogen (secondary N) is 1. The van der Waals surface area contributed by atoms with Crippen molar-refractivity contribution in [2.45, 2.75) is 38.1 Å². The van der Waals surface area contributed by atoms with E-state index in [4.69, 9.17) is 4.74 Å². The van der Waals surface area contributed by atoms with Crippen molar-refractivity contribution in [3.8, 4) is 11.1 Å². The molecule has 2 atom stereocenters. The lowest BCUT2D eigenvalue weighted by Gasteiger charge is -2.33. The molecule has 7 heteroatoms. The number of likely N-dealkylation sites (tertiary alicyclic amines) is 1. The second-order valence-electron chi connectivity index (χ2n) is 8.78. The van der Waals surface area contributed by atoms with Gasteiger partial charge in [0.1, 0.15) is 12.1 Å². The number of nitrogens with zero attached hydrogens (tertiary/aromatic N) is 1. The minimum Gasteiger partial charge on any atom is -0.480 e.